The van der Waals surface area contributed by atoms with Gasteiger partial charge in [-0.15, -0.1) is 10.2 Å². The van der Waals surface area contributed by atoms with Crippen molar-refractivity contribution in [1.82, 2.24) is 20.1 Å². The van der Waals surface area contributed by atoms with Gasteiger partial charge in [-0.1, -0.05) is 11.3 Å². The zero-order chi connectivity index (χ0) is 17.2. The van der Waals surface area contributed by atoms with E-state index >= 15 is 0 Å². The molecule has 0 aromatic carbocycles. The van der Waals surface area contributed by atoms with E-state index in [0.29, 0.717) is 24.6 Å². The molecule has 0 spiro atoms. The van der Waals surface area contributed by atoms with Gasteiger partial charge in [0, 0.05) is 35.9 Å². The molecule has 0 bridgehead atoms. The Kier molecular flexibility index (Phi) is 4.63. The molecule has 1 aliphatic rings. The molecule has 0 unspecified atom stereocenters. The van der Waals surface area contributed by atoms with Crippen molar-refractivity contribution in [3.05, 3.63) is 51.9 Å². The number of furan rings is 1. The Hall–Kier alpha value is -2.06. The fraction of sp³-hybridized carbons (Fsp3) is 0.294. The van der Waals surface area contributed by atoms with Crippen LogP contribution in [0.3, 0.4) is 0 Å². The molecule has 1 aliphatic heterocycles. The summed E-state index contributed by atoms with van der Waals surface area (Å²) >= 11 is 4.93. The highest BCUT2D eigenvalue weighted by Gasteiger charge is 2.27. The van der Waals surface area contributed by atoms with E-state index < -0.39 is 0 Å². The summed E-state index contributed by atoms with van der Waals surface area (Å²) in [6.45, 7) is 1.43. The first-order valence-electron chi connectivity index (χ1n) is 7.98. The Morgan fingerprint density at radius 1 is 1.28 bits per heavy atom. The standard InChI is InChI=1S/C17H15BrN4O2S/c18-13-8-12(9-19-10-13)17(23)22-5-3-11(4-6-22)15-20-21-16(25-15)14-2-1-7-24-14/h1-2,7-11H,3-6H2. The van der Waals surface area contributed by atoms with Crippen molar-refractivity contribution in [3.63, 3.8) is 0 Å². The summed E-state index contributed by atoms with van der Waals surface area (Å²) in [6.07, 6.45) is 6.70. The lowest BCUT2D eigenvalue weighted by molar-refractivity contribution is 0.0712. The van der Waals surface area contributed by atoms with Gasteiger partial charge in [0.25, 0.3) is 5.91 Å². The number of aromatic nitrogens is 3. The number of hydrogen-bond donors (Lipinski definition) is 0. The maximum Gasteiger partial charge on any atom is 0.255 e. The van der Waals surface area contributed by atoms with E-state index in [1.807, 2.05) is 23.1 Å². The maximum absolute atomic E-state index is 12.6. The van der Waals surface area contributed by atoms with Gasteiger partial charge in [-0.3, -0.25) is 9.78 Å². The van der Waals surface area contributed by atoms with Crippen molar-refractivity contribution >= 4 is 33.2 Å². The van der Waals surface area contributed by atoms with Crippen molar-refractivity contribution in [2.24, 2.45) is 0 Å². The molecule has 3 aromatic rings. The Labute approximate surface area is 157 Å². The van der Waals surface area contributed by atoms with Crippen LogP contribution in [-0.4, -0.2) is 39.1 Å². The topological polar surface area (TPSA) is 72.1 Å². The van der Waals surface area contributed by atoms with Gasteiger partial charge in [0.15, 0.2) is 10.8 Å². The highest BCUT2D eigenvalue weighted by Crippen LogP contribution is 2.33. The number of pyridine rings is 1. The molecule has 4 heterocycles. The fourth-order valence-electron chi connectivity index (χ4n) is 2.94. The summed E-state index contributed by atoms with van der Waals surface area (Å²) in [6, 6.07) is 5.54. The molecular formula is C17H15BrN4O2S. The number of hydrogen-bond acceptors (Lipinski definition) is 6. The van der Waals surface area contributed by atoms with Crippen LogP contribution >= 0.6 is 27.3 Å². The third-order valence-corrected chi connectivity index (χ3v) is 5.79. The summed E-state index contributed by atoms with van der Waals surface area (Å²) < 4.78 is 6.19. The van der Waals surface area contributed by atoms with Crippen molar-refractivity contribution in [2.75, 3.05) is 13.1 Å². The zero-order valence-corrected chi connectivity index (χ0v) is 15.7. The Morgan fingerprint density at radius 3 is 2.84 bits per heavy atom. The van der Waals surface area contributed by atoms with Crippen LogP contribution < -0.4 is 0 Å². The smallest absolute Gasteiger partial charge is 0.255 e. The zero-order valence-electron chi connectivity index (χ0n) is 13.3. The van der Waals surface area contributed by atoms with Crippen LogP contribution in [0.2, 0.25) is 0 Å². The van der Waals surface area contributed by atoms with Crippen LogP contribution in [0.25, 0.3) is 10.8 Å². The predicted octanol–water partition coefficient (Wildman–Crippen LogP) is 3.98. The lowest BCUT2D eigenvalue weighted by atomic mass is 9.97. The number of amides is 1. The molecule has 0 aliphatic carbocycles. The molecule has 3 aromatic heterocycles. The first kappa shape index (κ1) is 16.4. The van der Waals surface area contributed by atoms with Crippen LogP contribution in [0.15, 0.2) is 45.7 Å². The first-order valence-corrected chi connectivity index (χ1v) is 9.59. The predicted molar refractivity (Wildman–Crippen MR) is 97.4 cm³/mol. The van der Waals surface area contributed by atoms with Crippen LogP contribution in [0.1, 0.15) is 34.1 Å². The van der Waals surface area contributed by atoms with Gasteiger partial charge in [-0.25, -0.2) is 0 Å². The van der Waals surface area contributed by atoms with Crippen LogP contribution in [-0.2, 0) is 0 Å². The largest absolute Gasteiger partial charge is 0.462 e. The van der Waals surface area contributed by atoms with E-state index in [2.05, 4.69) is 31.1 Å². The second-order valence-corrected chi connectivity index (χ2v) is 7.81. The molecule has 0 N–H and O–H groups in total. The molecule has 1 saturated heterocycles. The third-order valence-electron chi connectivity index (χ3n) is 4.26. The molecule has 4 rings (SSSR count). The van der Waals surface area contributed by atoms with Gasteiger partial charge < -0.3 is 9.32 Å². The normalized spacial score (nSPS) is 15.5. The van der Waals surface area contributed by atoms with Gasteiger partial charge in [0.2, 0.25) is 0 Å². The van der Waals surface area contributed by atoms with Gasteiger partial charge in [0.1, 0.15) is 5.01 Å². The molecule has 8 heteroatoms. The molecular weight excluding hydrogens is 404 g/mol. The average molecular weight is 419 g/mol. The molecule has 128 valence electrons. The minimum absolute atomic E-state index is 0.0285. The monoisotopic (exact) mass is 418 g/mol. The van der Waals surface area contributed by atoms with Crippen molar-refractivity contribution in [3.8, 4) is 10.8 Å². The quantitative estimate of drug-likeness (QED) is 0.642. The average Bonchev–Trinajstić information content (AvgIpc) is 3.32. The van der Waals surface area contributed by atoms with E-state index in [9.17, 15) is 4.79 Å². The number of carbonyl (C=O) groups is 1. The third kappa shape index (κ3) is 3.50. The summed E-state index contributed by atoms with van der Waals surface area (Å²) in [7, 11) is 0. The number of piperidine rings is 1. The summed E-state index contributed by atoms with van der Waals surface area (Å²) in [5.41, 5.74) is 0.615. The summed E-state index contributed by atoms with van der Waals surface area (Å²) in [5.74, 6) is 1.12. The maximum atomic E-state index is 12.6. The molecule has 25 heavy (non-hydrogen) atoms. The van der Waals surface area contributed by atoms with Crippen molar-refractivity contribution in [2.45, 2.75) is 18.8 Å². The Morgan fingerprint density at radius 2 is 2.12 bits per heavy atom. The molecule has 1 amide bonds. The van der Waals surface area contributed by atoms with Crippen molar-refractivity contribution < 1.29 is 9.21 Å². The summed E-state index contributed by atoms with van der Waals surface area (Å²) in [5, 5.41) is 10.4. The highest BCUT2D eigenvalue weighted by molar-refractivity contribution is 9.10. The SMILES string of the molecule is O=C(c1cncc(Br)c1)N1CCC(c2nnc(-c3ccco3)s2)CC1. The van der Waals surface area contributed by atoms with E-state index in [1.165, 1.54) is 0 Å². The molecule has 0 radical (unpaired) electrons. The number of halogens is 1. The molecule has 0 atom stereocenters. The minimum atomic E-state index is 0.0285. The molecule has 1 fully saturated rings. The van der Waals surface area contributed by atoms with E-state index in [0.717, 1.165) is 33.1 Å². The second-order valence-electron chi connectivity index (χ2n) is 5.88. The lowest BCUT2D eigenvalue weighted by Crippen LogP contribution is -2.38. The summed E-state index contributed by atoms with van der Waals surface area (Å²) in [4.78, 5) is 18.5. The van der Waals surface area contributed by atoms with E-state index in [4.69, 9.17) is 4.42 Å². The van der Waals surface area contributed by atoms with Gasteiger partial charge >= 0.3 is 0 Å². The number of rotatable bonds is 3. The molecule has 6 nitrogen and oxygen atoms in total. The number of nitrogens with zero attached hydrogens (tertiary/aromatic N) is 4. The Balaban J connectivity index is 1.41. The van der Waals surface area contributed by atoms with E-state index in [-0.39, 0.29) is 5.91 Å². The van der Waals surface area contributed by atoms with Crippen LogP contribution in [0, 0.1) is 0 Å². The van der Waals surface area contributed by atoms with Gasteiger partial charge in [-0.2, -0.15) is 0 Å². The highest BCUT2D eigenvalue weighted by atomic mass is 79.9. The van der Waals surface area contributed by atoms with Crippen LogP contribution in [0.5, 0.6) is 0 Å². The van der Waals surface area contributed by atoms with E-state index in [1.54, 1.807) is 30.0 Å². The number of carbonyl (C=O) groups excluding carboxylic acids is 1. The van der Waals surface area contributed by atoms with Gasteiger partial charge in [0.05, 0.1) is 11.8 Å². The second kappa shape index (κ2) is 7.05. The molecule has 0 saturated carbocycles. The van der Waals surface area contributed by atoms with Gasteiger partial charge in [-0.05, 0) is 47.0 Å². The number of likely N-dealkylation sites (tertiary alicyclic amines) is 1. The lowest BCUT2D eigenvalue weighted by Gasteiger charge is -2.30. The van der Waals surface area contributed by atoms with Crippen LogP contribution in [0.4, 0.5) is 0 Å². The fourth-order valence-corrected chi connectivity index (χ4v) is 4.29. The minimum Gasteiger partial charge on any atom is -0.462 e. The van der Waals surface area contributed by atoms with Crippen molar-refractivity contribution in [1.29, 1.82) is 0 Å². The Bertz CT molecular complexity index is 872. The first-order chi connectivity index (χ1) is 12.2.